The summed E-state index contributed by atoms with van der Waals surface area (Å²) in [6.07, 6.45) is 9.68. The molecule has 17 nitrogen and oxygen atoms in total. The van der Waals surface area contributed by atoms with E-state index in [1.807, 2.05) is 26.0 Å². The second kappa shape index (κ2) is 17.7. The van der Waals surface area contributed by atoms with Crippen LogP contribution in [0.15, 0.2) is 29.8 Å². The number of phenols is 1. The molecule has 1 aromatic rings. The number of aryl methyl sites for hydroxylation is 1. The van der Waals surface area contributed by atoms with Gasteiger partial charge in [0, 0.05) is 72.6 Å². The van der Waals surface area contributed by atoms with Crippen molar-refractivity contribution in [2.45, 2.75) is 209 Å². The number of nitrogens with zero attached hydrogens (tertiary/aromatic N) is 1. The standard InChI is InChI=1S/C32H49NO9.C21H28O3.H2O4S/c1-6-18(3)25(35)41-24-11-12-26(4)19-8-9-20-28(37)13-23(34)31(39)21(29(28,38)16-30(20,26)42-32(19,24)40)15-33-14-17(2)7-10-22(33)27(31,5)36;1-3-20(23)24-19-9-8-18-17-6-4-13-12-14(22)5-7-15(13)16(17)10-11-21(18,19)2;1-5(2,3)4/h6,17,19-24,34,36-40H,7-16H2,1-5H3;5,7,12,16-19,22H,3-4,6,8-11H2,1-2H3;(H2,1,2,3,4). The molecule has 11 rings (SSSR count). The van der Waals surface area contributed by atoms with Crippen LogP contribution in [0.5, 0.6) is 5.75 Å². The van der Waals surface area contributed by atoms with Gasteiger partial charge < -0.3 is 50.0 Å². The zero-order valence-corrected chi connectivity index (χ0v) is 43.2. The molecule has 0 aromatic heterocycles. The van der Waals surface area contributed by atoms with Gasteiger partial charge in [0.1, 0.15) is 34.3 Å². The summed E-state index contributed by atoms with van der Waals surface area (Å²) in [6, 6.07) is 5.56. The van der Waals surface area contributed by atoms with Gasteiger partial charge >= 0.3 is 22.3 Å². The van der Waals surface area contributed by atoms with Crippen LogP contribution in [0.2, 0.25) is 0 Å². The van der Waals surface area contributed by atoms with E-state index >= 15 is 0 Å². The molecule has 19 unspecified atom stereocenters. The number of fused-ring (bicyclic) bond motifs is 10. The van der Waals surface area contributed by atoms with E-state index in [0.717, 1.165) is 25.7 Å². The van der Waals surface area contributed by atoms with Crippen molar-refractivity contribution in [1.29, 1.82) is 0 Å². The van der Waals surface area contributed by atoms with Crippen molar-refractivity contribution in [1.82, 2.24) is 4.90 Å². The Morgan fingerprint density at radius 2 is 1.55 bits per heavy atom. The number of hydrogen-bond donors (Lipinski definition) is 9. The molecular formula is C53H79NO16S. The smallest absolute Gasteiger partial charge is 0.394 e. The number of carbonyl (C=O) groups is 2. The van der Waals surface area contributed by atoms with Gasteiger partial charge in [-0.25, -0.2) is 4.79 Å². The van der Waals surface area contributed by atoms with E-state index in [-0.39, 0.29) is 42.9 Å². The summed E-state index contributed by atoms with van der Waals surface area (Å²) in [4.78, 5) is 26.7. The van der Waals surface area contributed by atoms with Crippen molar-refractivity contribution < 1.29 is 77.1 Å². The fourth-order valence-corrected chi connectivity index (χ4v) is 17.7. The molecule has 10 aliphatic rings. The molecule has 71 heavy (non-hydrogen) atoms. The molecule has 18 heteroatoms. The number of aliphatic hydroxyl groups excluding tert-OH is 1. The minimum Gasteiger partial charge on any atom is -0.508 e. The highest BCUT2D eigenvalue weighted by Gasteiger charge is 2.89. The molecule has 6 saturated carbocycles. The summed E-state index contributed by atoms with van der Waals surface area (Å²) in [5.74, 6) is -1.73. The molecule has 0 radical (unpaired) electrons. The van der Waals surface area contributed by atoms with Gasteiger partial charge in [-0.05, 0) is 145 Å². The Labute approximate surface area is 417 Å². The predicted molar refractivity (Wildman–Crippen MR) is 257 cm³/mol. The van der Waals surface area contributed by atoms with Crippen LogP contribution in [0.1, 0.15) is 155 Å². The van der Waals surface area contributed by atoms with Crippen molar-refractivity contribution >= 4 is 22.3 Å². The van der Waals surface area contributed by atoms with Crippen LogP contribution in [0.25, 0.3) is 0 Å². The van der Waals surface area contributed by atoms with Crippen LogP contribution in [-0.4, -0.2) is 141 Å². The number of phenolic OH excluding ortho intramolecular Hbond substituents is 1. The zero-order valence-electron chi connectivity index (χ0n) is 42.4. The summed E-state index contributed by atoms with van der Waals surface area (Å²) in [6.45, 7) is 14.3. The highest BCUT2D eigenvalue weighted by molar-refractivity contribution is 7.79. The largest absolute Gasteiger partial charge is 0.508 e. The lowest BCUT2D eigenvalue weighted by atomic mass is 9.49. The van der Waals surface area contributed by atoms with Crippen molar-refractivity contribution in [3.63, 3.8) is 0 Å². The van der Waals surface area contributed by atoms with Crippen molar-refractivity contribution in [3.05, 3.63) is 41.0 Å². The topological polar surface area (TPSA) is 281 Å². The number of esters is 2. The summed E-state index contributed by atoms with van der Waals surface area (Å²) in [5.41, 5.74) is -6.01. The van der Waals surface area contributed by atoms with Crippen LogP contribution >= 0.6 is 0 Å². The predicted octanol–water partition coefficient (Wildman–Crippen LogP) is 4.91. The second-order valence-corrected chi connectivity index (χ2v) is 25.3. The van der Waals surface area contributed by atoms with Gasteiger partial charge in [0.15, 0.2) is 6.10 Å². The quantitative estimate of drug-likeness (QED) is 0.110. The van der Waals surface area contributed by atoms with Gasteiger partial charge in [-0.1, -0.05) is 39.8 Å². The van der Waals surface area contributed by atoms with E-state index in [0.29, 0.717) is 80.1 Å². The lowest BCUT2D eigenvalue weighted by Crippen LogP contribution is -2.85. The normalized spacial score (nSPS) is 49.1. The van der Waals surface area contributed by atoms with Crippen molar-refractivity contribution in [2.75, 3.05) is 13.1 Å². The van der Waals surface area contributed by atoms with Gasteiger partial charge in [0.2, 0.25) is 5.79 Å². The first-order valence-corrected chi connectivity index (χ1v) is 27.7. The van der Waals surface area contributed by atoms with Crippen LogP contribution < -0.4 is 0 Å². The van der Waals surface area contributed by atoms with Gasteiger partial charge in [-0.2, -0.15) is 8.42 Å². The molecule has 3 heterocycles. The van der Waals surface area contributed by atoms with Gasteiger partial charge in [-0.15, -0.1) is 0 Å². The first-order valence-electron chi connectivity index (χ1n) is 26.3. The number of benzene rings is 1. The van der Waals surface area contributed by atoms with E-state index in [9.17, 15) is 45.3 Å². The molecule has 3 aliphatic heterocycles. The first kappa shape index (κ1) is 53.1. The van der Waals surface area contributed by atoms with E-state index in [1.54, 1.807) is 26.8 Å². The van der Waals surface area contributed by atoms with Gasteiger partial charge in [0.25, 0.3) is 0 Å². The fraction of sp³-hybridized carbons (Fsp3) is 0.811. The minimum atomic E-state index is -4.67. The number of carbonyl (C=O) groups excluding carboxylic acids is 2. The minimum absolute atomic E-state index is 0.0477. The Kier molecular flexibility index (Phi) is 13.2. The number of piperidine rings is 2. The molecule has 1 aromatic carbocycles. The molecule has 0 amide bonds. The monoisotopic (exact) mass is 1020 g/mol. The summed E-state index contributed by atoms with van der Waals surface area (Å²) < 4.78 is 50.0. The van der Waals surface area contributed by atoms with Crippen molar-refractivity contribution in [2.24, 2.45) is 46.3 Å². The Morgan fingerprint density at radius 3 is 2.23 bits per heavy atom. The van der Waals surface area contributed by atoms with Gasteiger partial charge in [-0.3, -0.25) is 18.8 Å². The second-order valence-electron chi connectivity index (χ2n) is 24.4. The lowest BCUT2D eigenvalue weighted by Gasteiger charge is -2.68. The maximum atomic E-state index is 12.9. The number of hydrogen-bond acceptors (Lipinski definition) is 15. The fourth-order valence-electron chi connectivity index (χ4n) is 17.7. The molecular weight excluding hydrogens is 939 g/mol. The van der Waals surface area contributed by atoms with Crippen molar-refractivity contribution in [3.8, 4) is 5.75 Å². The molecule has 398 valence electrons. The molecule has 1 spiro atoms. The first-order chi connectivity index (χ1) is 33.0. The average molecular weight is 1020 g/mol. The molecule has 4 bridgehead atoms. The molecule has 9 N–H and O–H groups in total. The van der Waals surface area contributed by atoms with Crippen LogP contribution in [0, 0.1) is 46.3 Å². The lowest BCUT2D eigenvalue weighted by molar-refractivity contribution is -0.354. The molecule has 9 fully saturated rings. The van der Waals surface area contributed by atoms with E-state index in [1.165, 1.54) is 30.4 Å². The Hall–Kier alpha value is -2.75. The average Bonchev–Trinajstić information content (AvgIpc) is 3.71. The number of aliphatic hydroxyl groups is 6. The highest BCUT2D eigenvalue weighted by atomic mass is 32.3. The van der Waals surface area contributed by atoms with E-state index < -0.39 is 85.5 Å². The third-order valence-electron chi connectivity index (χ3n) is 21.2. The highest BCUT2D eigenvalue weighted by Crippen LogP contribution is 2.78. The maximum Gasteiger partial charge on any atom is 0.394 e. The van der Waals surface area contributed by atoms with Crippen LogP contribution in [0.3, 0.4) is 0 Å². The SMILES string of the molecule is CC=C(C)C(=O)OC1CCC2(C)C3CCC4C5(O)CC(O)C6(O)C(CN7CC(C)CCC7C6(C)O)C5(O)CC42OC13O.CCC(=O)OC1CCC2C3CCc4cc(O)ccc4C3CCC12C.O=S(=O)(O)O. The van der Waals surface area contributed by atoms with E-state index in [2.05, 4.69) is 24.8 Å². The third-order valence-corrected chi connectivity index (χ3v) is 21.2. The number of allylic oxidation sites excluding steroid dienone is 1. The van der Waals surface area contributed by atoms with Gasteiger partial charge in [0.05, 0.1) is 11.7 Å². The van der Waals surface area contributed by atoms with E-state index in [4.69, 9.17) is 31.7 Å². The third kappa shape index (κ3) is 7.75. The summed E-state index contributed by atoms with van der Waals surface area (Å²) >= 11 is 0. The van der Waals surface area contributed by atoms with Crippen LogP contribution in [-0.2, 0) is 40.6 Å². The molecule has 19 atom stereocenters. The molecule has 7 aliphatic carbocycles. The van der Waals surface area contributed by atoms with Crippen LogP contribution in [0.4, 0.5) is 0 Å². The summed E-state index contributed by atoms with van der Waals surface area (Å²) in [7, 11) is -4.67. The zero-order chi connectivity index (χ0) is 51.9. The summed E-state index contributed by atoms with van der Waals surface area (Å²) in [5, 5.41) is 83.7. The Balaban J connectivity index is 0.000000181. The number of ether oxygens (including phenoxy) is 3. The number of rotatable bonds is 4. The Morgan fingerprint density at radius 1 is 0.859 bits per heavy atom. The Bertz CT molecular complexity index is 2410. The molecule has 3 saturated heterocycles. The maximum absolute atomic E-state index is 12.9. The number of aromatic hydroxyl groups is 1.